The molecule has 2 aromatic rings. The maximum atomic E-state index is 12.7. The molecule has 21 heavy (non-hydrogen) atoms. The largest absolute Gasteiger partial charge is 0.360 e. The molecule has 1 amide bonds. The minimum Gasteiger partial charge on any atom is -0.360 e. The summed E-state index contributed by atoms with van der Waals surface area (Å²) in [5.74, 6) is -0.0517. The number of amides is 1. The van der Waals surface area contributed by atoms with E-state index in [0.717, 1.165) is 38.0 Å². The highest BCUT2D eigenvalue weighted by atomic mass is 32.1. The van der Waals surface area contributed by atoms with Crippen molar-refractivity contribution in [3.05, 3.63) is 34.8 Å². The summed E-state index contributed by atoms with van der Waals surface area (Å²) >= 11 is 1.32. The first-order valence-corrected chi connectivity index (χ1v) is 8.08. The lowest BCUT2D eigenvalue weighted by atomic mass is 10.0. The Morgan fingerprint density at radius 3 is 3.10 bits per heavy atom. The second-order valence-corrected chi connectivity index (χ2v) is 6.01. The van der Waals surface area contributed by atoms with Crippen molar-refractivity contribution in [3.8, 4) is 0 Å². The van der Waals surface area contributed by atoms with Crippen molar-refractivity contribution in [1.29, 1.82) is 0 Å². The molecule has 1 aromatic heterocycles. The van der Waals surface area contributed by atoms with Crippen LogP contribution in [0.4, 0.5) is 10.8 Å². The van der Waals surface area contributed by atoms with Crippen molar-refractivity contribution < 1.29 is 4.79 Å². The van der Waals surface area contributed by atoms with Crippen LogP contribution < -0.4 is 10.2 Å². The van der Waals surface area contributed by atoms with Gasteiger partial charge in [-0.25, -0.2) is 0 Å². The Morgan fingerprint density at radius 2 is 2.24 bits per heavy atom. The van der Waals surface area contributed by atoms with Crippen LogP contribution in [0.3, 0.4) is 0 Å². The van der Waals surface area contributed by atoms with E-state index >= 15 is 0 Å². The monoisotopic (exact) mass is 302 g/mol. The molecule has 6 heteroatoms. The molecule has 0 bridgehead atoms. The van der Waals surface area contributed by atoms with Gasteiger partial charge in [-0.05, 0) is 30.9 Å². The van der Waals surface area contributed by atoms with Gasteiger partial charge in [-0.2, -0.15) is 0 Å². The van der Waals surface area contributed by atoms with Crippen molar-refractivity contribution in [3.63, 3.8) is 0 Å². The van der Waals surface area contributed by atoms with Crippen LogP contribution in [0.15, 0.2) is 24.3 Å². The van der Waals surface area contributed by atoms with Gasteiger partial charge in [0, 0.05) is 18.8 Å². The number of benzene rings is 1. The van der Waals surface area contributed by atoms with Crippen molar-refractivity contribution in [2.45, 2.75) is 26.2 Å². The maximum Gasteiger partial charge on any atom is 0.289 e. The number of carbonyl (C=O) groups is 1. The van der Waals surface area contributed by atoms with Gasteiger partial charge in [0.05, 0.1) is 0 Å². The molecule has 0 fully saturated rings. The fourth-order valence-corrected chi connectivity index (χ4v) is 3.19. The maximum absolute atomic E-state index is 12.7. The molecule has 2 heterocycles. The smallest absolute Gasteiger partial charge is 0.289 e. The van der Waals surface area contributed by atoms with Gasteiger partial charge in [-0.1, -0.05) is 36.5 Å². The highest BCUT2D eigenvalue weighted by Gasteiger charge is 2.25. The van der Waals surface area contributed by atoms with Crippen LogP contribution in [-0.2, 0) is 6.42 Å². The Kier molecular flexibility index (Phi) is 4.15. The predicted octanol–water partition coefficient (Wildman–Crippen LogP) is 2.95. The molecule has 1 aliphatic heterocycles. The van der Waals surface area contributed by atoms with Crippen LogP contribution in [0.1, 0.15) is 35.1 Å². The lowest BCUT2D eigenvalue weighted by Gasteiger charge is -2.28. The number of anilines is 2. The van der Waals surface area contributed by atoms with Gasteiger partial charge >= 0.3 is 0 Å². The normalized spacial score (nSPS) is 13.9. The third kappa shape index (κ3) is 2.90. The molecule has 0 spiro atoms. The SMILES string of the molecule is CCCNc1nnc(C(=O)N2CCCc3ccccc32)s1. The fourth-order valence-electron chi connectivity index (χ4n) is 2.47. The van der Waals surface area contributed by atoms with Crippen LogP contribution in [0.2, 0.25) is 0 Å². The summed E-state index contributed by atoms with van der Waals surface area (Å²) in [5, 5.41) is 12.4. The molecule has 0 atom stereocenters. The summed E-state index contributed by atoms with van der Waals surface area (Å²) in [4.78, 5) is 14.5. The molecular weight excluding hydrogens is 284 g/mol. The quantitative estimate of drug-likeness (QED) is 0.943. The average molecular weight is 302 g/mol. The first-order valence-electron chi connectivity index (χ1n) is 7.26. The highest BCUT2D eigenvalue weighted by Crippen LogP contribution is 2.29. The van der Waals surface area contributed by atoms with Crippen LogP contribution in [0.5, 0.6) is 0 Å². The zero-order chi connectivity index (χ0) is 14.7. The molecule has 0 saturated carbocycles. The molecule has 1 N–H and O–H groups in total. The third-order valence-corrected chi connectivity index (χ3v) is 4.36. The summed E-state index contributed by atoms with van der Waals surface area (Å²) in [5.41, 5.74) is 2.23. The Balaban J connectivity index is 1.81. The van der Waals surface area contributed by atoms with Gasteiger partial charge in [0.25, 0.3) is 5.91 Å². The number of aromatic nitrogens is 2. The number of nitrogens with one attached hydrogen (secondary N) is 1. The first kappa shape index (κ1) is 14.0. The molecule has 5 nitrogen and oxygen atoms in total. The van der Waals surface area contributed by atoms with E-state index in [1.54, 1.807) is 0 Å². The topological polar surface area (TPSA) is 58.1 Å². The number of nitrogens with zero attached hydrogens (tertiary/aromatic N) is 3. The van der Waals surface area contributed by atoms with E-state index in [2.05, 4.69) is 28.5 Å². The highest BCUT2D eigenvalue weighted by molar-refractivity contribution is 7.17. The molecule has 1 aliphatic rings. The van der Waals surface area contributed by atoms with Gasteiger partial charge in [0.15, 0.2) is 0 Å². The van der Waals surface area contributed by atoms with E-state index in [-0.39, 0.29) is 5.91 Å². The number of fused-ring (bicyclic) bond motifs is 1. The van der Waals surface area contributed by atoms with Crippen molar-refractivity contribution in [2.75, 3.05) is 23.3 Å². The van der Waals surface area contributed by atoms with Gasteiger partial charge < -0.3 is 10.2 Å². The van der Waals surface area contributed by atoms with E-state index < -0.39 is 0 Å². The van der Waals surface area contributed by atoms with Gasteiger partial charge in [-0.15, -0.1) is 10.2 Å². The van der Waals surface area contributed by atoms with E-state index in [1.165, 1.54) is 16.9 Å². The molecule has 0 radical (unpaired) electrons. The molecular formula is C15H18N4OS. The number of aryl methyl sites for hydroxylation is 1. The van der Waals surface area contributed by atoms with E-state index in [0.29, 0.717) is 10.1 Å². The van der Waals surface area contributed by atoms with Crippen molar-refractivity contribution >= 4 is 28.1 Å². The lowest BCUT2D eigenvalue weighted by Crippen LogP contribution is -2.35. The summed E-state index contributed by atoms with van der Waals surface area (Å²) in [6, 6.07) is 8.08. The number of rotatable bonds is 4. The zero-order valence-electron chi connectivity index (χ0n) is 12.0. The van der Waals surface area contributed by atoms with Crippen LogP contribution in [0, 0.1) is 0 Å². The Morgan fingerprint density at radius 1 is 1.38 bits per heavy atom. The van der Waals surface area contributed by atoms with Crippen LogP contribution in [0.25, 0.3) is 0 Å². The predicted molar refractivity (Wildman–Crippen MR) is 85.1 cm³/mol. The molecule has 110 valence electrons. The van der Waals surface area contributed by atoms with Crippen LogP contribution in [-0.4, -0.2) is 29.2 Å². The second kappa shape index (κ2) is 6.22. The van der Waals surface area contributed by atoms with Gasteiger partial charge in [0.1, 0.15) is 0 Å². The Hall–Kier alpha value is -1.95. The average Bonchev–Trinajstić information content (AvgIpc) is 3.00. The summed E-state index contributed by atoms with van der Waals surface area (Å²) < 4.78 is 0. The zero-order valence-corrected chi connectivity index (χ0v) is 12.8. The molecule has 1 aromatic carbocycles. The summed E-state index contributed by atoms with van der Waals surface area (Å²) in [6.45, 7) is 3.67. The second-order valence-electron chi connectivity index (χ2n) is 5.03. The van der Waals surface area contributed by atoms with Gasteiger partial charge in [-0.3, -0.25) is 4.79 Å². The minimum atomic E-state index is -0.0517. The number of para-hydroxylation sites is 1. The van der Waals surface area contributed by atoms with Crippen LogP contribution >= 0.6 is 11.3 Å². The molecule has 0 saturated heterocycles. The van der Waals surface area contributed by atoms with E-state index in [1.807, 2.05) is 23.1 Å². The molecule has 3 rings (SSSR count). The summed E-state index contributed by atoms with van der Waals surface area (Å²) in [6.07, 6.45) is 3.03. The summed E-state index contributed by atoms with van der Waals surface area (Å²) in [7, 11) is 0. The molecule has 0 unspecified atom stereocenters. The fraction of sp³-hybridized carbons (Fsp3) is 0.400. The standard InChI is InChI=1S/C15H18N4OS/c1-2-9-16-15-18-17-13(21-15)14(20)19-10-5-7-11-6-3-4-8-12(11)19/h3-4,6,8H,2,5,7,9-10H2,1H3,(H,16,18). The lowest BCUT2D eigenvalue weighted by molar-refractivity contribution is 0.0984. The van der Waals surface area contributed by atoms with Gasteiger partial charge in [0.2, 0.25) is 10.1 Å². The molecule has 0 aliphatic carbocycles. The first-order chi connectivity index (χ1) is 10.3. The number of hydrogen-bond acceptors (Lipinski definition) is 5. The van der Waals surface area contributed by atoms with Crippen molar-refractivity contribution in [1.82, 2.24) is 10.2 Å². The third-order valence-electron chi connectivity index (χ3n) is 3.49. The minimum absolute atomic E-state index is 0.0517. The number of hydrogen-bond donors (Lipinski definition) is 1. The number of carbonyl (C=O) groups excluding carboxylic acids is 1. The Labute approximate surface area is 128 Å². The van der Waals surface area contributed by atoms with E-state index in [4.69, 9.17) is 0 Å². The van der Waals surface area contributed by atoms with Crippen molar-refractivity contribution in [2.24, 2.45) is 0 Å². The van der Waals surface area contributed by atoms with E-state index in [9.17, 15) is 4.79 Å². The Bertz CT molecular complexity index is 640.